The van der Waals surface area contributed by atoms with Gasteiger partial charge in [0.25, 0.3) is 0 Å². The number of carbonyl (C=O) groups excluding carboxylic acids is 1. The zero-order valence-corrected chi connectivity index (χ0v) is 14.4. The van der Waals surface area contributed by atoms with Crippen molar-refractivity contribution in [1.82, 2.24) is 9.47 Å². The topological polar surface area (TPSA) is 37.7 Å². The molecule has 3 rings (SSSR count). The van der Waals surface area contributed by atoms with Gasteiger partial charge in [0.05, 0.1) is 0 Å². The predicted molar refractivity (Wildman–Crippen MR) is 92.9 cm³/mol. The van der Waals surface area contributed by atoms with E-state index in [1.54, 1.807) is 4.90 Å². The maximum absolute atomic E-state index is 12.1. The molecule has 0 N–H and O–H groups in total. The van der Waals surface area contributed by atoms with Crippen LogP contribution in [0.1, 0.15) is 20.8 Å². The molecule has 5 nitrogen and oxygen atoms in total. The van der Waals surface area contributed by atoms with Gasteiger partial charge in [-0.1, -0.05) is 18.2 Å². The van der Waals surface area contributed by atoms with Gasteiger partial charge in [-0.15, -0.1) is 0 Å². The van der Waals surface area contributed by atoms with Crippen molar-refractivity contribution in [1.29, 1.82) is 0 Å². The Kier molecular flexibility index (Phi) is 3.96. The molecule has 23 heavy (non-hydrogen) atoms. The molecule has 1 amide bonds. The Bertz CT molecular complexity index is 707. The van der Waals surface area contributed by atoms with E-state index in [0.717, 1.165) is 13.1 Å². The summed E-state index contributed by atoms with van der Waals surface area (Å²) in [7, 11) is 2.10. The van der Waals surface area contributed by atoms with Gasteiger partial charge in [0.1, 0.15) is 11.4 Å². The van der Waals surface area contributed by atoms with Crippen LogP contribution in [0.3, 0.4) is 0 Å². The Morgan fingerprint density at radius 3 is 2.35 bits per heavy atom. The molecule has 0 aliphatic carbocycles. The van der Waals surface area contributed by atoms with Gasteiger partial charge < -0.3 is 19.1 Å². The number of ether oxygens (including phenoxy) is 1. The quantitative estimate of drug-likeness (QED) is 0.811. The van der Waals surface area contributed by atoms with E-state index in [0.29, 0.717) is 13.1 Å². The molecule has 2 aromatic rings. The summed E-state index contributed by atoms with van der Waals surface area (Å²) in [4.78, 5) is 16.3. The van der Waals surface area contributed by atoms with Crippen LogP contribution in [0, 0.1) is 0 Å². The average molecular weight is 315 g/mol. The van der Waals surface area contributed by atoms with E-state index in [2.05, 4.69) is 46.8 Å². The number of hydrogen-bond donors (Lipinski definition) is 0. The van der Waals surface area contributed by atoms with E-state index in [1.807, 2.05) is 20.8 Å². The third-order valence-electron chi connectivity index (χ3n) is 4.18. The predicted octanol–water partition coefficient (Wildman–Crippen LogP) is 3.24. The van der Waals surface area contributed by atoms with Crippen LogP contribution >= 0.6 is 0 Å². The highest BCUT2D eigenvalue weighted by molar-refractivity contribution is 5.85. The Balaban J connectivity index is 1.69. The van der Waals surface area contributed by atoms with E-state index in [-0.39, 0.29) is 6.09 Å². The Morgan fingerprint density at radius 2 is 1.74 bits per heavy atom. The highest BCUT2D eigenvalue weighted by Crippen LogP contribution is 2.26. The number of carbonyl (C=O) groups is 1. The summed E-state index contributed by atoms with van der Waals surface area (Å²) >= 11 is 0. The molecule has 1 aromatic carbocycles. The summed E-state index contributed by atoms with van der Waals surface area (Å²) in [6.07, 6.45) is -0.214. The standard InChI is InChI=1S/C18H25N3O2/c1-18(2,3)23-17(22)21-11-9-20(10-12-21)16-13-14-7-5-6-8-15(14)19(16)4/h5-8,13H,9-12H2,1-4H3. The minimum atomic E-state index is -0.440. The molecule has 0 atom stereocenters. The van der Waals surface area contributed by atoms with Crippen LogP contribution in [0.4, 0.5) is 10.6 Å². The van der Waals surface area contributed by atoms with Gasteiger partial charge >= 0.3 is 6.09 Å². The third-order valence-corrected chi connectivity index (χ3v) is 4.18. The fraction of sp³-hybridized carbons (Fsp3) is 0.500. The van der Waals surface area contributed by atoms with E-state index >= 15 is 0 Å². The van der Waals surface area contributed by atoms with Crippen LogP contribution < -0.4 is 4.90 Å². The van der Waals surface area contributed by atoms with Gasteiger partial charge in [0.15, 0.2) is 0 Å². The fourth-order valence-electron chi connectivity index (χ4n) is 3.02. The number of hydrogen-bond acceptors (Lipinski definition) is 3. The Hall–Kier alpha value is -2.17. The lowest BCUT2D eigenvalue weighted by Crippen LogP contribution is -2.50. The van der Waals surface area contributed by atoms with Gasteiger partial charge in [0, 0.05) is 44.1 Å². The number of fused-ring (bicyclic) bond motifs is 1. The van der Waals surface area contributed by atoms with E-state index in [4.69, 9.17) is 4.74 Å². The summed E-state index contributed by atoms with van der Waals surface area (Å²) in [5.41, 5.74) is 0.793. The number of aromatic nitrogens is 1. The fourth-order valence-corrected chi connectivity index (χ4v) is 3.02. The molecule has 1 aliphatic rings. The number of rotatable bonds is 1. The van der Waals surface area contributed by atoms with Crippen molar-refractivity contribution in [2.45, 2.75) is 26.4 Å². The number of amides is 1. The van der Waals surface area contributed by atoms with Crippen molar-refractivity contribution in [3.05, 3.63) is 30.3 Å². The van der Waals surface area contributed by atoms with Crippen molar-refractivity contribution >= 4 is 22.8 Å². The molecule has 5 heteroatoms. The lowest BCUT2D eigenvalue weighted by molar-refractivity contribution is 0.0240. The summed E-state index contributed by atoms with van der Waals surface area (Å²) in [6, 6.07) is 10.6. The van der Waals surface area contributed by atoms with Crippen LogP contribution in [0.2, 0.25) is 0 Å². The van der Waals surface area contributed by atoms with Gasteiger partial charge in [-0.3, -0.25) is 0 Å². The first-order valence-corrected chi connectivity index (χ1v) is 8.12. The first kappa shape index (κ1) is 15.7. The zero-order chi connectivity index (χ0) is 16.6. The van der Waals surface area contributed by atoms with Crippen LogP contribution in [-0.2, 0) is 11.8 Å². The van der Waals surface area contributed by atoms with Crippen molar-refractivity contribution < 1.29 is 9.53 Å². The van der Waals surface area contributed by atoms with Crippen molar-refractivity contribution in [3.63, 3.8) is 0 Å². The summed E-state index contributed by atoms with van der Waals surface area (Å²) < 4.78 is 7.67. The number of benzene rings is 1. The minimum absolute atomic E-state index is 0.214. The van der Waals surface area contributed by atoms with Crippen LogP contribution in [-0.4, -0.2) is 47.3 Å². The highest BCUT2D eigenvalue weighted by Gasteiger charge is 2.26. The van der Waals surface area contributed by atoms with Crippen LogP contribution in [0.15, 0.2) is 30.3 Å². The third kappa shape index (κ3) is 3.28. The molecular weight excluding hydrogens is 290 g/mol. The second-order valence-electron chi connectivity index (χ2n) is 7.07. The highest BCUT2D eigenvalue weighted by atomic mass is 16.6. The Labute approximate surface area is 137 Å². The number of para-hydroxylation sites is 1. The normalized spacial score (nSPS) is 16.0. The van der Waals surface area contributed by atoms with Gasteiger partial charge in [-0.05, 0) is 32.9 Å². The second-order valence-corrected chi connectivity index (χ2v) is 7.07. The Morgan fingerprint density at radius 1 is 1.09 bits per heavy atom. The average Bonchev–Trinajstić information content (AvgIpc) is 2.83. The molecule has 0 saturated carbocycles. The van der Waals surface area contributed by atoms with E-state index in [1.165, 1.54) is 16.7 Å². The molecule has 1 fully saturated rings. The van der Waals surface area contributed by atoms with Gasteiger partial charge in [-0.25, -0.2) is 4.79 Å². The monoisotopic (exact) mass is 315 g/mol. The lowest BCUT2D eigenvalue weighted by atomic mass is 10.2. The second kappa shape index (κ2) is 5.80. The smallest absolute Gasteiger partial charge is 0.410 e. The van der Waals surface area contributed by atoms with Gasteiger partial charge in [0.2, 0.25) is 0 Å². The maximum Gasteiger partial charge on any atom is 0.410 e. The molecule has 0 spiro atoms. The van der Waals surface area contributed by atoms with Crippen molar-refractivity contribution in [3.8, 4) is 0 Å². The summed E-state index contributed by atoms with van der Waals surface area (Å²) in [6.45, 7) is 8.73. The lowest BCUT2D eigenvalue weighted by Gasteiger charge is -2.36. The number of aryl methyl sites for hydroxylation is 1. The molecule has 0 bridgehead atoms. The molecular formula is C18H25N3O2. The largest absolute Gasteiger partial charge is 0.444 e. The van der Waals surface area contributed by atoms with Gasteiger partial charge in [-0.2, -0.15) is 0 Å². The molecule has 1 saturated heterocycles. The van der Waals surface area contributed by atoms with Crippen molar-refractivity contribution in [2.24, 2.45) is 7.05 Å². The molecule has 1 aromatic heterocycles. The number of piperazine rings is 1. The van der Waals surface area contributed by atoms with E-state index in [9.17, 15) is 4.79 Å². The molecule has 2 heterocycles. The maximum atomic E-state index is 12.1. The minimum Gasteiger partial charge on any atom is -0.444 e. The van der Waals surface area contributed by atoms with E-state index < -0.39 is 5.60 Å². The summed E-state index contributed by atoms with van der Waals surface area (Å²) in [5.74, 6) is 1.20. The summed E-state index contributed by atoms with van der Waals surface area (Å²) in [5, 5.41) is 1.25. The van der Waals surface area contributed by atoms with Crippen LogP contribution in [0.25, 0.3) is 10.9 Å². The van der Waals surface area contributed by atoms with Crippen molar-refractivity contribution in [2.75, 3.05) is 31.1 Å². The molecule has 0 unspecified atom stereocenters. The zero-order valence-electron chi connectivity index (χ0n) is 14.4. The molecule has 1 aliphatic heterocycles. The van der Waals surface area contributed by atoms with Crippen LogP contribution in [0.5, 0.6) is 0 Å². The molecule has 0 radical (unpaired) electrons. The molecule has 124 valence electrons. The first-order chi connectivity index (χ1) is 10.8. The number of anilines is 1. The SMILES string of the molecule is Cn1c(N2CCN(C(=O)OC(C)(C)C)CC2)cc2ccccc21. The first-order valence-electron chi connectivity index (χ1n) is 8.12. The number of nitrogens with zero attached hydrogens (tertiary/aromatic N) is 3.